The Labute approximate surface area is 133 Å². The standard InChI is InChI=1S/C15H12BrClO4/c16-6-1-2-7-19-15-13-10(5-8-20-13)12(17)9-3-4-11(18)21-14(9)15/h3-5,8H,1-2,6-7H2. The smallest absolute Gasteiger partial charge is 0.336 e. The van der Waals surface area contributed by atoms with Crippen LogP contribution in [-0.2, 0) is 0 Å². The Morgan fingerprint density at radius 2 is 1.95 bits per heavy atom. The summed E-state index contributed by atoms with van der Waals surface area (Å²) >= 11 is 9.72. The summed E-state index contributed by atoms with van der Waals surface area (Å²) in [7, 11) is 0. The molecule has 0 saturated heterocycles. The van der Waals surface area contributed by atoms with Crippen molar-refractivity contribution in [3.8, 4) is 5.75 Å². The summed E-state index contributed by atoms with van der Waals surface area (Å²) in [6, 6.07) is 4.75. The first-order chi connectivity index (χ1) is 10.2. The number of furan rings is 1. The van der Waals surface area contributed by atoms with Crippen LogP contribution in [0.15, 0.2) is 38.1 Å². The van der Waals surface area contributed by atoms with Gasteiger partial charge in [-0.3, -0.25) is 0 Å². The van der Waals surface area contributed by atoms with Gasteiger partial charge in [0.15, 0.2) is 11.2 Å². The van der Waals surface area contributed by atoms with E-state index in [1.54, 1.807) is 18.4 Å². The Bertz CT molecular complexity index is 837. The Morgan fingerprint density at radius 3 is 2.76 bits per heavy atom. The van der Waals surface area contributed by atoms with E-state index >= 15 is 0 Å². The molecule has 6 heteroatoms. The first-order valence-corrected chi connectivity index (χ1v) is 8.03. The molecule has 2 heterocycles. The molecule has 2 aromatic heterocycles. The molecule has 0 amide bonds. The summed E-state index contributed by atoms with van der Waals surface area (Å²) in [5.41, 5.74) is 0.379. The average molecular weight is 372 g/mol. The number of unbranched alkanes of at least 4 members (excludes halogenated alkanes) is 1. The number of ether oxygens (including phenoxy) is 1. The number of alkyl halides is 1. The molecule has 110 valence electrons. The van der Waals surface area contributed by atoms with Gasteiger partial charge in [-0.25, -0.2) is 4.79 Å². The highest BCUT2D eigenvalue weighted by molar-refractivity contribution is 9.09. The highest BCUT2D eigenvalue weighted by Gasteiger charge is 2.18. The van der Waals surface area contributed by atoms with Crippen LogP contribution >= 0.6 is 27.5 Å². The molecule has 0 atom stereocenters. The summed E-state index contributed by atoms with van der Waals surface area (Å²) in [5.74, 6) is 0.432. The third-order valence-electron chi connectivity index (χ3n) is 3.16. The Balaban J connectivity index is 2.17. The van der Waals surface area contributed by atoms with Crippen LogP contribution in [0.2, 0.25) is 5.02 Å². The number of halogens is 2. The van der Waals surface area contributed by atoms with E-state index in [0.29, 0.717) is 33.9 Å². The van der Waals surface area contributed by atoms with E-state index in [0.717, 1.165) is 23.6 Å². The number of hydrogen-bond donors (Lipinski definition) is 0. The molecule has 0 bridgehead atoms. The van der Waals surface area contributed by atoms with Crippen molar-refractivity contribution in [2.24, 2.45) is 0 Å². The van der Waals surface area contributed by atoms with E-state index in [1.165, 1.54) is 6.07 Å². The van der Waals surface area contributed by atoms with Crippen LogP contribution in [0.5, 0.6) is 5.75 Å². The van der Waals surface area contributed by atoms with Crippen molar-refractivity contribution >= 4 is 49.5 Å². The number of fused-ring (bicyclic) bond motifs is 2. The highest BCUT2D eigenvalue weighted by atomic mass is 79.9. The molecular formula is C15H12BrClO4. The summed E-state index contributed by atoms with van der Waals surface area (Å²) in [6.07, 6.45) is 3.42. The Morgan fingerprint density at radius 1 is 1.14 bits per heavy atom. The van der Waals surface area contributed by atoms with Crippen LogP contribution in [0.3, 0.4) is 0 Å². The number of benzene rings is 1. The van der Waals surface area contributed by atoms with Gasteiger partial charge in [0.05, 0.1) is 17.9 Å². The second kappa shape index (κ2) is 6.12. The largest absolute Gasteiger partial charge is 0.486 e. The van der Waals surface area contributed by atoms with Gasteiger partial charge in [-0.2, -0.15) is 0 Å². The maximum atomic E-state index is 11.5. The minimum atomic E-state index is -0.449. The molecule has 0 aliphatic heterocycles. The molecule has 0 spiro atoms. The van der Waals surface area contributed by atoms with Gasteiger partial charge in [-0.15, -0.1) is 0 Å². The molecule has 0 aliphatic carbocycles. The maximum Gasteiger partial charge on any atom is 0.336 e. The normalized spacial score (nSPS) is 11.3. The lowest BCUT2D eigenvalue weighted by Gasteiger charge is -2.10. The molecule has 0 saturated carbocycles. The first kappa shape index (κ1) is 14.5. The molecule has 0 aliphatic rings. The van der Waals surface area contributed by atoms with Crippen molar-refractivity contribution in [3.63, 3.8) is 0 Å². The molecule has 0 N–H and O–H groups in total. The van der Waals surface area contributed by atoms with Gasteiger partial charge >= 0.3 is 5.63 Å². The van der Waals surface area contributed by atoms with E-state index in [1.807, 2.05) is 0 Å². The predicted molar refractivity (Wildman–Crippen MR) is 85.8 cm³/mol. The second-order valence-electron chi connectivity index (χ2n) is 4.55. The molecule has 0 fully saturated rings. The van der Waals surface area contributed by atoms with Crippen molar-refractivity contribution in [2.75, 3.05) is 11.9 Å². The van der Waals surface area contributed by atoms with Crippen LogP contribution in [0.1, 0.15) is 12.8 Å². The van der Waals surface area contributed by atoms with Gasteiger partial charge in [-0.05, 0) is 25.0 Å². The molecule has 1 aromatic carbocycles. The van der Waals surface area contributed by atoms with Crippen LogP contribution in [0.4, 0.5) is 0 Å². The van der Waals surface area contributed by atoms with Crippen LogP contribution in [0.25, 0.3) is 21.9 Å². The average Bonchev–Trinajstić information content (AvgIpc) is 2.96. The van der Waals surface area contributed by atoms with Crippen molar-refractivity contribution in [1.82, 2.24) is 0 Å². The molecule has 0 unspecified atom stereocenters. The van der Waals surface area contributed by atoms with Gasteiger partial charge in [0.2, 0.25) is 5.75 Å². The fourth-order valence-corrected chi connectivity index (χ4v) is 2.86. The highest BCUT2D eigenvalue weighted by Crippen LogP contribution is 2.40. The lowest BCUT2D eigenvalue weighted by atomic mass is 10.1. The Kier molecular flexibility index (Phi) is 4.22. The van der Waals surface area contributed by atoms with E-state index in [-0.39, 0.29) is 0 Å². The summed E-state index contributed by atoms with van der Waals surface area (Å²) < 4.78 is 16.5. The van der Waals surface area contributed by atoms with Crippen molar-refractivity contribution in [1.29, 1.82) is 0 Å². The van der Waals surface area contributed by atoms with E-state index in [9.17, 15) is 4.79 Å². The number of rotatable bonds is 5. The first-order valence-electron chi connectivity index (χ1n) is 6.53. The molecule has 0 radical (unpaired) electrons. The van der Waals surface area contributed by atoms with Crippen molar-refractivity contribution in [3.05, 3.63) is 39.9 Å². The van der Waals surface area contributed by atoms with E-state index in [2.05, 4.69) is 15.9 Å². The molecule has 21 heavy (non-hydrogen) atoms. The zero-order valence-electron chi connectivity index (χ0n) is 11.0. The van der Waals surface area contributed by atoms with Crippen molar-refractivity contribution < 1.29 is 13.6 Å². The van der Waals surface area contributed by atoms with Crippen LogP contribution in [-0.4, -0.2) is 11.9 Å². The Hall–Kier alpha value is -1.46. The predicted octanol–water partition coefficient (Wildman–Crippen LogP) is 4.75. The van der Waals surface area contributed by atoms with E-state index < -0.39 is 5.63 Å². The van der Waals surface area contributed by atoms with Crippen LogP contribution < -0.4 is 10.4 Å². The summed E-state index contributed by atoms with van der Waals surface area (Å²) in [4.78, 5) is 11.5. The molecule has 3 rings (SSSR count). The summed E-state index contributed by atoms with van der Waals surface area (Å²) in [6.45, 7) is 0.511. The fraction of sp³-hybridized carbons (Fsp3) is 0.267. The van der Waals surface area contributed by atoms with Gasteiger partial charge in [0.1, 0.15) is 0 Å². The zero-order chi connectivity index (χ0) is 14.8. The minimum Gasteiger partial charge on any atom is -0.486 e. The van der Waals surface area contributed by atoms with E-state index in [4.69, 9.17) is 25.2 Å². The minimum absolute atomic E-state index is 0.328. The zero-order valence-corrected chi connectivity index (χ0v) is 13.4. The molecular weight excluding hydrogens is 360 g/mol. The maximum absolute atomic E-state index is 11.5. The van der Waals surface area contributed by atoms with Crippen molar-refractivity contribution in [2.45, 2.75) is 12.8 Å². The van der Waals surface area contributed by atoms with Gasteiger partial charge in [-0.1, -0.05) is 27.5 Å². The third kappa shape index (κ3) is 2.68. The van der Waals surface area contributed by atoms with Gasteiger partial charge < -0.3 is 13.6 Å². The SMILES string of the molecule is O=c1ccc2c(Cl)c3ccoc3c(OCCCCBr)c2o1. The van der Waals surface area contributed by atoms with Gasteiger partial charge in [0, 0.05) is 22.2 Å². The number of hydrogen-bond acceptors (Lipinski definition) is 4. The lowest BCUT2D eigenvalue weighted by molar-refractivity contribution is 0.307. The lowest BCUT2D eigenvalue weighted by Crippen LogP contribution is -2.01. The summed E-state index contributed by atoms with van der Waals surface area (Å²) in [5, 5.41) is 2.79. The topological polar surface area (TPSA) is 52.6 Å². The van der Waals surface area contributed by atoms with Gasteiger partial charge in [0.25, 0.3) is 0 Å². The van der Waals surface area contributed by atoms with Crippen LogP contribution in [0, 0.1) is 0 Å². The fourth-order valence-electron chi connectivity index (χ4n) is 2.17. The monoisotopic (exact) mass is 370 g/mol. The second-order valence-corrected chi connectivity index (χ2v) is 5.72. The molecule has 3 aromatic rings. The quantitative estimate of drug-likeness (QED) is 0.369. The molecule has 4 nitrogen and oxygen atoms in total. The third-order valence-corrected chi connectivity index (χ3v) is 4.13.